The van der Waals surface area contributed by atoms with Gasteiger partial charge in [0.15, 0.2) is 6.61 Å². The molecule has 6 heteroatoms. The topological polar surface area (TPSA) is 74.2 Å². The average Bonchev–Trinajstić information content (AvgIpc) is 2.86. The van der Waals surface area contributed by atoms with Crippen LogP contribution in [-0.4, -0.2) is 10.1 Å². The van der Waals surface area contributed by atoms with Crippen molar-refractivity contribution in [3.05, 3.63) is 40.5 Å². The maximum absolute atomic E-state index is 5.97. The molecule has 2 rings (SSSR count). The lowest BCUT2D eigenvalue weighted by Gasteiger charge is -2.13. The van der Waals surface area contributed by atoms with E-state index in [-0.39, 0.29) is 18.6 Å². The van der Waals surface area contributed by atoms with Crippen LogP contribution in [0.2, 0.25) is 5.02 Å². The van der Waals surface area contributed by atoms with E-state index in [1.165, 1.54) is 0 Å². The second-order valence-corrected chi connectivity index (χ2v) is 5.40. The number of halogens is 1. The van der Waals surface area contributed by atoms with E-state index in [1.807, 2.05) is 20.8 Å². The van der Waals surface area contributed by atoms with Gasteiger partial charge in [-0.25, -0.2) is 0 Å². The van der Waals surface area contributed by atoms with Crippen LogP contribution in [-0.2, 0) is 6.61 Å². The molecule has 1 aromatic heterocycles. The molecule has 20 heavy (non-hydrogen) atoms. The van der Waals surface area contributed by atoms with Crippen molar-refractivity contribution < 1.29 is 9.26 Å². The van der Waals surface area contributed by atoms with E-state index in [9.17, 15) is 0 Å². The first-order valence-electron chi connectivity index (χ1n) is 6.47. The number of rotatable bonds is 5. The fraction of sp³-hybridized carbons (Fsp3) is 0.429. The van der Waals surface area contributed by atoms with Gasteiger partial charge in [-0.15, -0.1) is 0 Å². The van der Waals surface area contributed by atoms with E-state index >= 15 is 0 Å². The zero-order valence-electron chi connectivity index (χ0n) is 11.8. The zero-order valence-corrected chi connectivity index (χ0v) is 12.5. The predicted molar refractivity (Wildman–Crippen MR) is 76.8 cm³/mol. The first-order valence-corrected chi connectivity index (χ1v) is 6.85. The number of aromatic nitrogens is 2. The summed E-state index contributed by atoms with van der Waals surface area (Å²) < 4.78 is 10.8. The van der Waals surface area contributed by atoms with E-state index in [0.717, 1.165) is 5.56 Å². The summed E-state index contributed by atoms with van der Waals surface area (Å²) >= 11 is 5.97. The molecule has 0 bridgehead atoms. The van der Waals surface area contributed by atoms with Gasteiger partial charge in [-0.3, -0.25) is 0 Å². The fourth-order valence-corrected chi connectivity index (χ4v) is 1.89. The first kappa shape index (κ1) is 14.8. The number of ether oxygens (including phenoxy) is 1. The van der Waals surface area contributed by atoms with Crippen molar-refractivity contribution in [2.24, 2.45) is 5.73 Å². The Hall–Kier alpha value is -1.59. The van der Waals surface area contributed by atoms with E-state index in [1.54, 1.807) is 18.2 Å². The molecule has 0 aliphatic rings. The predicted octanol–water partition coefficient (Wildman–Crippen LogP) is 3.45. The molecule has 0 saturated carbocycles. The molecule has 2 aromatic rings. The smallest absolute Gasteiger partial charge is 0.229 e. The van der Waals surface area contributed by atoms with Gasteiger partial charge in [0.05, 0.1) is 0 Å². The summed E-state index contributed by atoms with van der Waals surface area (Å²) in [5, 5.41) is 4.51. The van der Waals surface area contributed by atoms with Gasteiger partial charge in [0.2, 0.25) is 11.7 Å². The summed E-state index contributed by atoms with van der Waals surface area (Å²) in [6.45, 7) is 6.10. The van der Waals surface area contributed by atoms with Crippen LogP contribution in [0.5, 0.6) is 5.75 Å². The van der Waals surface area contributed by atoms with Gasteiger partial charge in [0.1, 0.15) is 5.75 Å². The Morgan fingerprint density at radius 2 is 2.10 bits per heavy atom. The molecule has 0 radical (unpaired) electrons. The summed E-state index contributed by atoms with van der Waals surface area (Å²) in [7, 11) is 0. The first-order chi connectivity index (χ1) is 9.47. The molecule has 1 aromatic carbocycles. The normalized spacial score (nSPS) is 12.7. The Morgan fingerprint density at radius 3 is 2.70 bits per heavy atom. The number of benzene rings is 1. The molecular formula is C14H18ClN3O2. The molecule has 108 valence electrons. The lowest BCUT2D eigenvalue weighted by molar-refractivity contribution is 0.281. The van der Waals surface area contributed by atoms with Crippen LogP contribution in [0.1, 0.15) is 50.0 Å². The molecule has 0 amide bonds. The summed E-state index contributed by atoms with van der Waals surface area (Å²) in [4.78, 5) is 4.26. The Bertz CT molecular complexity index is 582. The van der Waals surface area contributed by atoms with Gasteiger partial charge in [-0.05, 0) is 25.1 Å². The largest absolute Gasteiger partial charge is 0.485 e. The van der Waals surface area contributed by atoms with Gasteiger partial charge < -0.3 is 15.0 Å². The molecular weight excluding hydrogens is 278 g/mol. The number of nitrogens with two attached hydrogens (primary N) is 1. The van der Waals surface area contributed by atoms with E-state index in [4.69, 9.17) is 26.6 Å². The van der Waals surface area contributed by atoms with Crippen molar-refractivity contribution in [3.8, 4) is 5.75 Å². The average molecular weight is 296 g/mol. The van der Waals surface area contributed by atoms with Crippen LogP contribution < -0.4 is 10.5 Å². The number of nitrogens with zero attached hydrogens (tertiary/aromatic N) is 2. The van der Waals surface area contributed by atoms with Gasteiger partial charge in [0, 0.05) is 22.5 Å². The highest BCUT2D eigenvalue weighted by Gasteiger charge is 2.13. The molecule has 1 heterocycles. The van der Waals surface area contributed by atoms with Gasteiger partial charge in [0.25, 0.3) is 0 Å². The summed E-state index contributed by atoms with van der Waals surface area (Å²) in [6.07, 6.45) is 0. The monoisotopic (exact) mass is 295 g/mol. The van der Waals surface area contributed by atoms with Crippen LogP contribution in [0.4, 0.5) is 0 Å². The van der Waals surface area contributed by atoms with E-state index < -0.39 is 0 Å². The molecule has 0 aliphatic heterocycles. The lowest BCUT2D eigenvalue weighted by Crippen LogP contribution is -2.08. The van der Waals surface area contributed by atoms with Crippen molar-refractivity contribution in [2.75, 3.05) is 0 Å². The Balaban J connectivity index is 2.10. The molecule has 0 saturated heterocycles. The summed E-state index contributed by atoms with van der Waals surface area (Å²) in [5.74, 6) is 2.00. The maximum atomic E-state index is 5.97. The van der Waals surface area contributed by atoms with Crippen LogP contribution in [0.15, 0.2) is 22.7 Å². The number of hydrogen-bond acceptors (Lipinski definition) is 5. The third-order valence-corrected chi connectivity index (χ3v) is 3.03. The molecule has 0 aliphatic carbocycles. The quantitative estimate of drug-likeness (QED) is 0.914. The van der Waals surface area contributed by atoms with Crippen molar-refractivity contribution in [3.63, 3.8) is 0 Å². The highest BCUT2D eigenvalue weighted by atomic mass is 35.5. The van der Waals surface area contributed by atoms with Gasteiger partial charge >= 0.3 is 0 Å². The van der Waals surface area contributed by atoms with Crippen LogP contribution >= 0.6 is 11.6 Å². The standard InChI is InChI=1S/C14H18ClN3O2/c1-8(2)14-17-13(18-20-14)7-19-12-5-4-10(15)6-11(12)9(3)16/h4-6,8-9H,7,16H2,1-3H3/t9-/m1/s1. The maximum Gasteiger partial charge on any atom is 0.229 e. The molecule has 2 N–H and O–H groups in total. The van der Waals surface area contributed by atoms with Crippen molar-refractivity contribution in [1.82, 2.24) is 10.1 Å². The number of hydrogen-bond donors (Lipinski definition) is 1. The zero-order chi connectivity index (χ0) is 14.7. The van der Waals surface area contributed by atoms with Gasteiger partial charge in [-0.2, -0.15) is 4.98 Å². The lowest BCUT2D eigenvalue weighted by atomic mass is 10.1. The minimum atomic E-state index is -0.166. The third kappa shape index (κ3) is 3.49. The van der Waals surface area contributed by atoms with E-state index in [0.29, 0.717) is 22.5 Å². The molecule has 1 atom stereocenters. The fourth-order valence-electron chi connectivity index (χ4n) is 1.71. The summed E-state index contributed by atoms with van der Waals surface area (Å²) in [6, 6.07) is 5.19. The molecule has 0 fully saturated rings. The highest BCUT2D eigenvalue weighted by Crippen LogP contribution is 2.27. The van der Waals surface area contributed by atoms with Crippen molar-refractivity contribution >= 4 is 11.6 Å². The van der Waals surface area contributed by atoms with Gasteiger partial charge in [-0.1, -0.05) is 30.6 Å². The van der Waals surface area contributed by atoms with Crippen molar-refractivity contribution in [1.29, 1.82) is 0 Å². The third-order valence-electron chi connectivity index (χ3n) is 2.80. The van der Waals surface area contributed by atoms with Crippen molar-refractivity contribution in [2.45, 2.75) is 39.3 Å². The minimum Gasteiger partial charge on any atom is -0.485 e. The Morgan fingerprint density at radius 1 is 1.35 bits per heavy atom. The Labute approximate surface area is 123 Å². The molecule has 5 nitrogen and oxygen atoms in total. The SMILES string of the molecule is CC(C)c1nc(COc2ccc(Cl)cc2[C@@H](C)N)no1. The second-order valence-electron chi connectivity index (χ2n) is 4.96. The van der Waals surface area contributed by atoms with Crippen LogP contribution in [0.25, 0.3) is 0 Å². The molecule has 0 unspecified atom stereocenters. The minimum absolute atomic E-state index is 0.166. The van der Waals surface area contributed by atoms with Crippen LogP contribution in [0.3, 0.4) is 0 Å². The van der Waals surface area contributed by atoms with Crippen LogP contribution in [0, 0.1) is 0 Å². The van der Waals surface area contributed by atoms with E-state index in [2.05, 4.69) is 10.1 Å². The summed E-state index contributed by atoms with van der Waals surface area (Å²) in [5.41, 5.74) is 6.76. The second kappa shape index (κ2) is 6.24. The highest BCUT2D eigenvalue weighted by molar-refractivity contribution is 6.30. The Kier molecular flexibility index (Phi) is 4.62. The molecule has 0 spiro atoms.